The van der Waals surface area contributed by atoms with Crippen LogP contribution in [0.4, 0.5) is 24.5 Å². The molecule has 2 aliphatic rings. The van der Waals surface area contributed by atoms with Gasteiger partial charge < -0.3 is 30.7 Å². The van der Waals surface area contributed by atoms with Gasteiger partial charge in [-0.15, -0.1) is 0 Å². The highest BCUT2D eigenvalue weighted by Gasteiger charge is 2.34. The Hall–Kier alpha value is -4.36. The van der Waals surface area contributed by atoms with Crippen LogP contribution in [0.2, 0.25) is 5.02 Å². The molecule has 2 aliphatic heterocycles. The fraction of sp³-hybridized carbons (Fsp3) is 0.231. The highest BCUT2D eigenvalue weighted by molar-refractivity contribution is 6.41. The number of halogens is 4. The number of guanidine groups is 1. The molecule has 1 amide bonds. The fourth-order valence-electron chi connectivity index (χ4n) is 3.85. The number of carbonyl (C=O) groups is 1. The molecule has 0 saturated carbocycles. The minimum atomic E-state index is -4.67. The highest BCUT2D eigenvalue weighted by atomic mass is 35.5. The second-order valence-electron chi connectivity index (χ2n) is 8.42. The third-order valence-electron chi connectivity index (χ3n) is 5.80. The van der Waals surface area contributed by atoms with Crippen molar-refractivity contribution in [2.24, 2.45) is 20.7 Å². The number of aliphatic imine (C=N–C) groups is 3. The van der Waals surface area contributed by atoms with Gasteiger partial charge in [0.05, 0.1) is 42.8 Å². The molecule has 0 spiro atoms. The third-order valence-corrected chi connectivity index (χ3v) is 6.13. The fourth-order valence-corrected chi connectivity index (χ4v) is 4.01. The molecule has 14 heteroatoms. The van der Waals surface area contributed by atoms with E-state index in [1.807, 2.05) is 4.90 Å². The number of nitrogens with zero attached hydrogens (tertiary/aromatic N) is 4. The zero-order valence-electron chi connectivity index (χ0n) is 21.3. The zero-order chi connectivity index (χ0) is 28.9. The van der Waals surface area contributed by atoms with Crippen LogP contribution in [0.5, 0.6) is 5.75 Å². The van der Waals surface area contributed by atoms with E-state index in [1.165, 1.54) is 36.7 Å². The topological polar surface area (TPSA) is 126 Å². The number of nitrogens with one attached hydrogen (secondary N) is 2. The van der Waals surface area contributed by atoms with Gasteiger partial charge in [-0.1, -0.05) is 18.2 Å². The minimum absolute atomic E-state index is 0.0685. The Kier molecular flexibility index (Phi) is 8.75. The molecule has 0 aromatic heterocycles. The van der Waals surface area contributed by atoms with Crippen LogP contribution in [0.1, 0.15) is 15.9 Å². The van der Waals surface area contributed by atoms with E-state index in [-0.39, 0.29) is 39.2 Å². The Labute approximate surface area is 232 Å². The van der Waals surface area contributed by atoms with Crippen LogP contribution in [0, 0.1) is 0 Å². The molecule has 1 saturated heterocycles. The van der Waals surface area contributed by atoms with Crippen molar-refractivity contribution < 1.29 is 27.4 Å². The Morgan fingerprint density at radius 3 is 2.65 bits per heavy atom. The first-order valence-electron chi connectivity index (χ1n) is 11.9. The quantitative estimate of drug-likeness (QED) is 0.465. The average molecular weight is 576 g/mol. The summed E-state index contributed by atoms with van der Waals surface area (Å²) in [5.74, 6) is -0.529. The van der Waals surface area contributed by atoms with Crippen molar-refractivity contribution in [2.45, 2.75) is 6.18 Å². The summed E-state index contributed by atoms with van der Waals surface area (Å²) in [4.78, 5) is 28.0. The molecule has 0 bridgehead atoms. The van der Waals surface area contributed by atoms with E-state index in [1.54, 1.807) is 0 Å². The molecule has 2 heterocycles. The maximum atomic E-state index is 13.4. The number of methoxy groups -OCH3 is 1. The van der Waals surface area contributed by atoms with Crippen LogP contribution < -0.4 is 21.1 Å². The number of ether oxygens (including phenoxy) is 2. The highest BCUT2D eigenvalue weighted by Crippen LogP contribution is 2.38. The van der Waals surface area contributed by atoms with Gasteiger partial charge >= 0.3 is 6.18 Å². The monoisotopic (exact) mass is 575 g/mol. The van der Waals surface area contributed by atoms with Gasteiger partial charge in [-0.05, 0) is 36.4 Å². The first-order valence-corrected chi connectivity index (χ1v) is 12.3. The molecule has 210 valence electrons. The van der Waals surface area contributed by atoms with Gasteiger partial charge in [0.2, 0.25) is 5.96 Å². The molecule has 4 N–H and O–H groups in total. The SMILES string of the molecule is C=C/N=C1/C=NC(N2CCOCC2)=N/C1=C(/N)Nc1cc(C(=O)Nc2ccc(OC)c(C(F)(F)F)c2)ccc1Cl. The number of amides is 1. The molecular weight excluding hydrogens is 551 g/mol. The molecule has 10 nitrogen and oxygen atoms in total. The number of benzene rings is 2. The summed E-state index contributed by atoms with van der Waals surface area (Å²) in [5, 5.41) is 5.64. The molecule has 40 heavy (non-hydrogen) atoms. The van der Waals surface area contributed by atoms with Gasteiger partial charge in [-0.25, -0.2) is 9.98 Å². The largest absolute Gasteiger partial charge is 0.496 e. The van der Waals surface area contributed by atoms with Crippen LogP contribution in [-0.2, 0) is 10.9 Å². The molecule has 2 aromatic rings. The Morgan fingerprint density at radius 2 is 1.98 bits per heavy atom. The number of alkyl halides is 3. The van der Waals surface area contributed by atoms with E-state index in [2.05, 4.69) is 32.2 Å². The van der Waals surface area contributed by atoms with Crippen molar-refractivity contribution >= 4 is 46.8 Å². The predicted octanol–water partition coefficient (Wildman–Crippen LogP) is 4.52. The summed E-state index contributed by atoms with van der Waals surface area (Å²) in [7, 11) is 1.13. The van der Waals surface area contributed by atoms with Gasteiger partial charge in [0.1, 0.15) is 23.0 Å². The first kappa shape index (κ1) is 28.6. The molecule has 0 aliphatic carbocycles. The standard InChI is InChI=1S/C26H25ClF3N7O3/c1-3-32-20-14-33-25(37-8-10-40-11-9-37)36-22(20)23(31)35-19-12-15(4-6-18(19)27)24(38)34-16-5-7-21(39-2)17(13-16)26(28,29)30/h3-7,12-14,35H,1,8-11,31H2,2H3,(H,34,38)/b23-22-,32-20-. The lowest BCUT2D eigenvalue weighted by atomic mass is 10.1. The van der Waals surface area contributed by atoms with Gasteiger partial charge in [0.15, 0.2) is 0 Å². The number of rotatable bonds is 6. The smallest absolute Gasteiger partial charge is 0.420 e. The van der Waals surface area contributed by atoms with E-state index in [0.29, 0.717) is 38.0 Å². The summed E-state index contributed by atoms with van der Waals surface area (Å²) in [5.41, 5.74) is 6.27. The summed E-state index contributed by atoms with van der Waals surface area (Å²) >= 11 is 6.35. The van der Waals surface area contributed by atoms with Crippen molar-refractivity contribution in [3.05, 3.63) is 76.8 Å². The average Bonchev–Trinajstić information content (AvgIpc) is 2.94. The number of morpholine rings is 1. The normalized spacial score (nSPS) is 17.8. The van der Waals surface area contributed by atoms with E-state index in [9.17, 15) is 18.0 Å². The number of hydrogen-bond acceptors (Lipinski definition) is 9. The first-order chi connectivity index (χ1) is 19.1. The van der Waals surface area contributed by atoms with Crippen molar-refractivity contribution in [3.63, 3.8) is 0 Å². The van der Waals surface area contributed by atoms with E-state index in [0.717, 1.165) is 19.2 Å². The van der Waals surface area contributed by atoms with Crippen molar-refractivity contribution in [1.82, 2.24) is 4.90 Å². The number of nitrogens with two attached hydrogens (primary N) is 1. The molecule has 0 radical (unpaired) electrons. The summed E-state index contributed by atoms with van der Waals surface area (Å²) in [6.07, 6.45) is -1.83. The van der Waals surface area contributed by atoms with Crippen LogP contribution in [0.3, 0.4) is 0 Å². The lowest BCUT2D eigenvalue weighted by Crippen LogP contribution is -2.41. The third kappa shape index (κ3) is 6.61. The molecule has 1 fully saturated rings. The molecule has 4 rings (SSSR count). The van der Waals surface area contributed by atoms with Crippen LogP contribution >= 0.6 is 11.6 Å². The maximum absolute atomic E-state index is 13.4. The van der Waals surface area contributed by atoms with Crippen molar-refractivity contribution in [1.29, 1.82) is 0 Å². The second kappa shape index (κ2) is 12.2. The van der Waals surface area contributed by atoms with E-state index >= 15 is 0 Å². The lowest BCUT2D eigenvalue weighted by Gasteiger charge is -2.29. The molecular formula is C26H25ClF3N7O3. The van der Waals surface area contributed by atoms with Crippen molar-refractivity contribution in [2.75, 3.05) is 44.0 Å². The Morgan fingerprint density at radius 1 is 1.23 bits per heavy atom. The molecule has 0 atom stereocenters. The number of carbonyl (C=O) groups excluding carboxylic acids is 1. The second-order valence-corrected chi connectivity index (χ2v) is 8.82. The van der Waals surface area contributed by atoms with Crippen molar-refractivity contribution in [3.8, 4) is 5.75 Å². The summed E-state index contributed by atoms with van der Waals surface area (Å²) in [6.45, 7) is 5.88. The Bertz CT molecular complexity index is 1430. The van der Waals surface area contributed by atoms with E-state index in [4.69, 9.17) is 26.8 Å². The molecule has 0 unspecified atom stereocenters. The van der Waals surface area contributed by atoms with E-state index < -0.39 is 17.6 Å². The number of anilines is 2. The van der Waals surface area contributed by atoms with Gasteiger partial charge in [0, 0.05) is 30.5 Å². The van der Waals surface area contributed by atoms with Crippen LogP contribution in [0.25, 0.3) is 0 Å². The van der Waals surface area contributed by atoms with Gasteiger partial charge in [-0.3, -0.25) is 9.79 Å². The number of hydrogen-bond donors (Lipinski definition) is 3. The summed E-state index contributed by atoms with van der Waals surface area (Å²) < 4.78 is 50.3. The van der Waals surface area contributed by atoms with Gasteiger partial charge in [-0.2, -0.15) is 13.2 Å². The maximum Gasteiger partial charge on any atom is 0.420 e. The Balaban J connectivity index is 1.60. The zero-order valence-corrected chi connectivity index (χ0v) is 22.0. The minimum Gasteiger partial charge on any atom is -0.496 e. The molecule has 2 aromatic carbocycles. The van der Waals surface area contributed by atoms with Crippen LogP contribution in [-0.4, -0.2) is 62.1 Å². The summed E-state index contributed by atoms with van der Waals surface area (Å²) in [6, 6.07) is 7.51. The number of allylic oxidation sites excluding steroid dienone is 1. The predicted molar refractivity (Wildman–Crippen MR) is 148 cm³/mol. The lowest BCUT2D eigenvalue weighted by molar-refractivity contribution is -0.138. The van der Waals surface area contributed by atoms with Gasteiger partial charge in [0.25, 0.3) is 5.91 Å². The van der Waals surface area contributed by atoms with Crippen LogP contribution in [0.15, 0.2) is 75.7 Å².